The van der Waals surface area contributed by atoms with Gasteiger partial charge in [-0.05, 0) is 41.7 Å². The maximum absolute atomic E-state index is 12.3. The molecule has 1 heterocycles. The van der Waals surface area contributed by atoms with Crippen molar-refractivity contribution >= 4 is 21.8 Å². The summed E-state index contributed by atoms with van der Waals surface area (Å²) in [7, 11) is 0. The fraction of sp³-hybridized carbons (Fsp3) is 0.278. The molecule has 0 spiro atoms. The Morgan fingerprint density at radius 1 is 1.14 bits per heavy atom. The van der Waals surface area contributed by atoms with E-state index in [0.717, 1.165) is 23.9 Å². The molecule has 1 amide bonds. The first kappa shape index (κ1) is 15.3. The van der Waals surface area contributed by atoms with E-state index < -0.39 is 0 Å². The van der Waals surface area contributed by atoms with E-state index in [1.807, 2.05) is 24.3 Å². The Morgan fingerprint density at radius 2 is 1.86 bits per heavy atom. The van der Waals surface area contributed by atoms with Gasteiger partial charge < -0.3 is 10.6 Å². The zero-order valence-corrected chi connectivity index (χ0v) is 13.9. The summed E-state index contributed by atoms with van der Waals surface area (Å²) in [5.74, 6) is 0.0895. The first-order valence-corrected chi connectivity index (χ1v) is 8.34. The summed E-state index contributed by atoms with van der Waals surface area (Å²) in [5, 5.41) is 6.35. The molecule has 114 valence electrons. The van der Waals surface area contributed by atoms with E-state index in [1.54, 1.807) is 0 Å². The number of halogens is 1. The minimum absolute atomic E-state index is 0.0895. The smallest absolute Gasteiger partial charge is 0.237 e. The minimum atomic E-state index is -0.125. The van der Waals surface area contributed by atoms with Crippen molar-refractivity contribution in [1.29, 1.82) is 0 Å². The predicted octanol–water partition coefficient (Wildman–Crippen LogP) is 2.82. The average Bonchev–Trinajstić information content (AvgIpc) is 2.56. The molecule has 0 saturated heterocycles. The maximum Gasteiger partial charge on any atom is 0.237 e. The van der Waals surface area contributed by atoms with Crippen molar-refractivity contribution in [2.24, 2.45) is 0 Å². The van der Waals surface area contributed by atoms with E-state index in [-0.39, 0.29) is 11.9 Å². The van der Waals surface area contributed by atoms with Gasteiger partial charge in [0.15, 0.2) is 0 Å². The highest BCUT2D eigenvalue weighted by Gasteiger charge is 2.23. The standard InChI is InChI=1S/C18H19BrN2O/c19-16-7-5-13(6-8-16)9-10-20-18(22)17-11-14-3-1-2-4-15(14)12-21-17/h1-8,17,21H,9-12H2,(H,20,22). The molecular formula is C18H19BrN2O. The van der Waals surface area contributed by atoms with E-state index in [4.69, 9.17) is 0 Å². The van der Waals surface area contributed by atoms with E-state index >= 15 is 0 Å². The van der Waals surface area contributed by atoms with Crippen molar-refractivity contribution in [3.8, 4) is 0 Å². The number of hydrogen-bond acceptors (Lipinski definition) is 2. The molecule has 0 fully saturated rings. The highest BCUT2D eigenvalue weighted by atomic mass is 79.9. The van der Waals surface area contributed by atoms with Crippen LogP contribution in [0.4, 0.5) is 0 Å². The van der Waals surface area contributed by atoms with Crippen LogP contribution in [0.3, 0.4) is 0 Å². The number of carbonyl (C=O) groups excluding carboxylic acids is 1. The number of rotatable bonds is 4. The zero-order chi connectivity index (χ0) is 15.4. The average molecular weight is 359 g/mol. The Balaban J connectivity index is 1.50. The fourth-order valence-corrected chi connectivity index (χ4v) is 3.01. The van der Waals surface area contributed by atoms with E-state index in [0.29, 0.717) is 6.54 Å². The molecule has 1 aliphatic heterocycles. The molecule has 2 aromatic rings. The summed E-state index contributed by atoms with van der Waals surface area (Å²) in [6.07, 6.45) is 1.61. The van der Waals surface area contributed by atoms with Gasteiger partial charge >= 0.3 is 0 Å². The molecule has 22 heavy (non-hydrogen) atoms. The summed E-state index contributed by atoms with van der Waals surface area (Å²) in [6, 6.07) is 16.4. The molecule has 1 unspecified atom stereocenters. The second-order valence-corrected chi connectivity index (χ2v) is 6.49. The monoisotopic (exact) mass is 358 g/mol. The van der Waals surface area contributed by atoms with Gasteiger partial charge in [0, 0.05) is 17.6 Å². The van der Waals surface area contributed by atoms with Crippen LogP contribution >= 0.6 is 15.9 Å². The number of carbonyl (C=O) groups is 1. The molecule has 0 radical (unpaired) electrons. The van der Waals surface area contributed by atoms with Crippen molar-refractivity contribution in [1.82, 2.24) is 10.6 Å². The SMILES string of the molecule is O=C(NCCc1ccc(Br)cc1)C1Cc2ccccc2CN1. The lowest BCUT2D eigenvalue weighted by molar-refractivity contribution is -0.123. The van der Waals surface area contributed by atoms with Crippen LogP contribution in [0.2, 0.25) is 0 Å². The van der Waals surface area contributed by atoms with Crippen LogP contribution in [0, 0.1) is 0 Å². The Bertz CT molecular complexity index is 654. The third-order valence-electron chi connectivity index (χ3n) is 4.02. The lowest BCUT2D eigenvalue weighted by Gasteiger charge is -2.25. The molecule has 3 nitrogen and oxygen atoms in total. The van der Waals surface area contributed by atoms with Gasteiger partial charge in [0.2, 0.25) is 5.91 Å². The summed E-state index contributed by atoms with van der Waals surface area (Å²) in [6.45, 7) is 1.43. The molecule has 1 atom stereocenters. The van der Waals surface area contributed by atoms with E-state index in [2.05, 4.69) is 50.8 Å². The Labute approximate surface area is 139 Å². The molecule has 1 aliphatic rings. The zero-order valence-electron chi connectivity index (χ0n) is 12.3. The molecule has 3 rings (SSSR count). The predicted molar refractivity (Wildman–Crippen MR) is 91.6 cm³/mol. The normalized spacial score (nSPS) is 16.9. The van der Waals surface area contributed by atoms with Gasteiger partial charge in [-0.1, -0.05) is 52.3 Å². The molecule has 0 aliphatic carbocycles. The van der Waals surface area contributed by atoms with Gasteiger partial charge in [-0.15, -0.1) is 0 Å². The molecule has 2 N–H and O–H groups in total. The summed E-state index contributed by atoms with van der Waals surface area (Å²) < 4.78 is 1.07. The third kappa shape index (κ3) is 3.76. The third-order valence-corrected chi connectivity index (χ3v) is 4.55. The van der Waals surface area contributed by atoms with Crippen LogP contribution in [0.5, 0.6) is 0 Å². The van der Waals surface area contributed by atoms with Crippen molar-refractivity contribution in [2.45, 2.75) is 25.4 Å². The number of hydrogen-bond donors (Lipinski definition) is 2. The molecule has 0 aromatic heterocycles. The van der Waals surface area contributed by atoms with Gasteiger partial charge in [0.05, 0.1) is 6.04 Å². The Morgan fingerprint density at radius 3 is 2.64 bits per heavy atom. The molecule has 2 aromatic carbocycles. The van der Waals surface area contributed by atoms with Crippen molar-refractivity contribution in [2.75, 3.05) is 6.54 Å². The van der Waals surface area contributed by atoms with Crippen LogP contribution in [-0.4, -0.2) is 18.5 Å². The number of benzene rings is 2. The fourth-order valence-electron chi connectivity index (χ4n) is 2.74. The number of amides is 1. The topological polar surface area (TPSA) is 41.1 Å². The largest absolute Gasteiger partial charge is 0.354 e. The highest BCUT2D eigenvalue weighted by molar-refractivity contribution is 9.10. The lowest BCUT2D eigenvalue weighted by atomic mass is 9.95. The van der Waals surface area contributed by atoms with Crippen molar-refractivity contribution < 1.29 is 4.79 Å². The van der Waals surface area contributed by atoms with Gasteiger partial charge in [-0.2, -0.15) is 0 Å². The van der Waals surface area contributed by atoms with Crippen LogP contribution in [-0.2, 0) is 24.2 Å². The second-order valence-electron chi connectivity index (χ2n) is 5.57. The highest BCUT2D eigenvalue weighted by Crippen LogP contribution is 2.16. The van der Waals surface area contributed by atoms with Gasteiger partial charge in [-0.25, -0.2) is 0 Å². The van der Waals surface area contributed by atoms with E-state index in [1.165, 1.54) is 16.7 Å². The van der Waals surface area contributed by atoms with Crippen LogP contribution in [0.1, 0.15) is 16.7 Å². The first-order chi connectivity index (χ1) is 10.7. The first-order valence-electron chi connectivity index (χ1n) is 7.55. The minimum Gasteiger partial charge on any atom is -0.354 e. The van der Waals surface area contributed by atoms with Gasteiger partial charge in [0.1, 0.15) is 0 Å². The summed E-state index contributed by atoms with van der Waals surface area (Å²) >= 11 is 3.42. The van der Waals surface area contributed by atoms with Crippen LogP contribution in [0.15, 0.2) is 53.0 Å². The van der Waals surface area contributed by atoms with Crippen molar-refractivity contribution in [3.63, 3.8) is 0 Å². The molecular weight excluding hydrogens is 340 g/mol. The Kier molecular flexibility index (Phi) is 4.90. The second kappa shape index (κ2) is 7.07. The lowest BCUT2D eigenvalue weighted by Crippen LogP contribution is -2.48. The number of nitrogens with one attached hydrogen (secondary N) is 2. The Hall–Kier alpha value is -1.65. The molecule has 0 saturated carbocycles. The van der Waals surface area contributed by atoms with Crippen LogP contribution < -0.4 is 10.6 Å². The van der Waals surface area contributed by atoms with Crippen molar-refractivity contribution in [3.05, 3.63) is 69.7 Å². The maximum atomic E-state index is 12.3. The number of fused-ring (bicyclic) bond motifs is 1. The van der Waals surface area contributed by atoms with Gasteiger partial charge in [0.25, 0.3) is 0 Å². The summed E-state index contributed by atoms with van der Waals surface area (Å²) in [5.41, 5.74) is 3.79. The van der Waals surface area contributed by atoms with Gasteiger partial charge in [-0.3, -0.25) is 4.79 Å². The van der Waals surface area contributed by atoms with E-state index in [9.17, 15) is 4.79 Å². The van der Waals surface area contributed by atoms with Crippen LogP contribution in [0.25, 0.3) is 0 Å². The molecule has 4 heteroatoms. The molecule has 0 bridgehead atoms. The summed E-state index contributed by atoms with van der Waals surface area (Å²) in [4.78, 5) is 12.3. The quantitative estimate of drug-likeness (QED) is 0.882.